The van der Waals surface area contributed by atoms with Crippen LogP contribution in [0.2, 0.25) is 0 Å². The highest BCUT2D eigenvalue weighted by Crippen LogP contribution is 2.34. The van der Waals surface area contributed by atoms with Gasteiger partial charge in [-0.15, -0.1) is 4.91 Å². The number of anilines is 1. The Hall–Kier alpha value is -1.91. The molecule has 0 unspecified atom stereocenters. The summed E-state index contributed by atoms with van der Waals surface area (Å²) in [6.45, 7) is 2.00. The molecule has 1 saturated heterocycles. The van der Waals surface area contributed by atoms with Gasteiger partial charge in [-0.05, 0) is 36.6 Å². The molecule has 5 nitrogen and oxygen atoms in total. The molecule has 0 spiro atoms. The summed E-state index contributed by atoms with van der Waals surface area (Å²) in [5.74, 6) is 0. The van der Waals surface area contributed by atoms with Crippen molar-refractivity contribution in [3.8, 4) is 0 Å². The van der Waals surface area contributed by atoms with Crippen molar-refractivity contribution in [2.75, 3.05) is 18.0 Å². The van der Waals surface area contributed by atoms with E-state index in [4.69, 9.17) is 0 Å². The van der Waals surface area contributed by atoms with Crippen molar-refractivity contribution in [2.45, 2.75) is 19.3 Å². The Morgan fingerprint density at radius 2 is 2.00 bits per heavy atom. The maximum absolute atomic E-state index is 11.0. The van der Waals surface area contributed by atoms with Gasteiger partial charge in [0, 0.05) is 31.7 Å². The molecule has 1 aliphatic rings. The fourth-order valence-electron chi connectivity index (χ4n) is 2.63. The summed E-state index contributed by atoms with van der Waals surface area (Å²) in [4.78, 5) is 13.3. The van der Waals surface area contributed by atoms with Crippen molar-refractivity contribution in [3.63, 3.8) is 0 Å². The summed E-state index contributed by atoms with van der Waals surface area (Å²) >= 11 is 0. The lowest BCUT2D eigenvalue weighted by Gasteiger charge is -2.29. The van der Waals surface area contributed by atoms with E-state index in [-0.39, 0.29) is 0 Å². The Morgan fingerprint density at radius 3 is 2.72 bits per heavy atom. The summed E-state index contributed by atoms with van der Waals surface area (Å²) in [5.41, 5.74) is 2.37. The van der Waals surface area contributed by atoms with Gasteiger partial charge in [-0.1, -0.05) is 0 Å². The average Bonchev–Trinajstić information content (AvgIpc) is 2.77. The molecule has 0 bridgehead atoms. The number of aryl methyl sites for hydroxylation is 1. The highest BCUT2D eigenvalue weighted by Gasteiger charge is 2.16. The lowest BCUT2D eigenvalue weighted by molar-refractivity contribution is 0.578. The monoisotopic (exact) mass is 244 g/mol. The minimum absolute atomic E-state index is 0.525. The highest BCUT2D eigenvalue weighted by atomic mass is 16.3. The molecule has 94 valence electrons. The fraction of sp³-hybridized carbons (Fsp3) is 0.462. The molecular weight excluding hydrogens is 228 g/mol. The normalized spacial score (nSPS) is 16.2. The SMILES string of the molecule is Cn1cc2cc(N=O)c(N3CCCCC3)cc2n1. The molecule has 0 atom stereocenters. The summed E-state index contributed by atoms with van der Waals surface area (Å²) in [6.07, 6.45) is 5.54. The highest BCUT2D eigenvalue weighted by molar-refractivity contribution is 5.88. The lowest BCUT2D eigenvalue weighted by Crippen LogP contribution is -2.29. The van der Waals surface area contributed by atoms with Gasteiger partial charge in [0.2, 0.25) is 0 Å². The molecular formula is C13H16N4O. The van der Waals surface area contributed by atoms with E-state index in [1.165, 1.54) is 19.3 Å². The third-order valence-electron chi connectivity index (χ3n) is 3.51. The second-order valence-corrected chi connectivity index (χ2v) is 4.84. The Morgan fingerprint density at radius 1 is 1.22 bits per heavy atom. The van der Waals surface area contributed by atoms with E-state index in [1.54, 1.807) is 4.68 Å². The minimum atomic E-state index is 0.525. The molecule has 2 aromatic rings. The van der Waals surface area contributed by atoms with Gasteiger partial charge in [0.1, 0.15) is 5.69 Å². The Labute approximate surface area is 105 Å². The molecule has 0 aliphatic carbocycles. The number of piperidine rings is 1. The van der Waals surface area contributed by atoms with Crippen LogP contribution in [0, 0.1) is 4.91 Å². The molecule has 5 heteroatoms. The van der Waals surface area contributed by atoms with Gasteiger partial charge in [0.05, 0.1) is 11.2 Å². The van der Waals surface area contributed by atoms with Crippen molar-refractivity contribution < 1.29 is 0 Å². The molecule has 3 rings (SSSR count). The third kappa shape index (κ3) is 1.85. The maximum Gasteiger partial charge on any atom is 0.132 e. The van der Waals surface area contributed by atoms with Crippen LogP contribution >= 0.6 is 0 Å². The number of hydrogen-bond acceptors (Lipinski definition) is 4. The second-order valence-electron chi connectivity index (χ2n) is 4.84. The second kappa shape index (κ2) is 4.40. The largest absolute Gasteiger partial charge is 0.370 e. The standard InChI is InChI=1S/C13H16N4O/c1-16-9-10-7-12(15-18)13(8-11(10)14-16)17-5-3-2-4-6-17/h7-9H,2-6H2,1H3. The summed E-state index contributed by atoms with van der Waals surface area (Å²) in [5, 5.41) is 8.53. The van der Waals surface area contributed by atoms with Crippen LogP contribution in [0.15, 0.2) is 23.5 Å². The number of nitrogens with zero attached hydrogens (tertiary/aromatic N) is 4. The molecule has 2 heterocycles. The van der Waals surface area contributed by atoms with Crippen molar-refractivity contribution in [1.82, 2.24) is 9.78 Å². The van der Waals surface area contributed by atoms with Crippen LogP contribution in [0.25, 0.3) is 10.9 Å². The Kier molecular flexibility index (Phi) is 2.74. The molecule has 1 aliphatic heterocycles. The van der Waals surface area contributed by atoms with E-state index < -0.39 is 0 Å². The van der Waals surface area contributed by atoms with Gasteiger partial charge >= 0.3 is 0 Å². The van der Waals surface area contributed by atoms with Crippen LogP contribution in [0.4, 0.5) is 11.4 Å². The van der Waals surface area contributed by atoms with Gasteiger partial charge in [-0.25, -0.2) is 0 Å². The number of benzene rings is 1. The zero-order valence-corrected chi connectivity index (χ0v) is 10.5. The van der Waals surface area contributed by atoms with Crippen LogP contribution in [0.1, 0.15) is 19.3 Å². The molecule has 0 N–H and O–H groups in total. The van der Waals surface area contributed by atoms with Crippen LogP contribution in [-0.4, -0.2) is 22.9 Å². The van der Waals surface area contributed by atoms with Gasteiger partial charge in [0.15, 0.2) is 0 Å². The van der Waals surface area contributed by atoms with Gasteiger partial charge in [-0.2, -0.15) is 5.10 Å². The van der Waals surface area contributed by atoms with Crippen LogP contribution in [0.3, 0.4) is 0 Å². The number of rotatable bonds is 2. The zero-order valence-electron chi connectivity index (χ0n) is 10.5. The van der Waals surface area contributed by atoms with Crippen molar-refractivity contribution in [3.05, 3.63) is 23.2 Å². The van der Waals surface area contributed by atoms with E-state index in [0.29, 0.717) is 5.69 Å². The zero-order chi connectivity index (χ0) is 12.5. The molecule has 0 saturated carbocycles. The molecule has 1 aromatic carbocycles. The van der Waals surface area contributed by atoms with Gasteiger partial charge in [0.25, 0.3) is 0 Å². The Bertz CT molecular complexity index is 584. The number of hydrogen-bond donors (Lipinski definition) is 0. The molecule has 1 aromatic heterocycles. The lowest BCUT2D eigenvalue weighted by atomic mass is 10.1. The fourth-order valence-corrected chi connectivity index (χ4v) is 2.63. The van der Waals surface area contributed by atoms with Crippen LogP contribution < -0.4 is 4.90 Å². The molecule has 0 amide bonds. The van der Waals surface area contributed by atoms with E-state index in [1.807, 2.05) is 25.4 Å². The number of nitroso groups, excluding NO2 is 1. The van der Waals surface area contributed by atoms with Crippen LogP contribution in [0.5, 0.6) is 0 Å². The number of fused-ring (bicyclic) bond motifs is 1. The first-order valence-corrected chi connectivity index (χ1v) is 6.33. The first kappa shape index (κ1) is 11.2. The minimum Gasteiger partial charge on any atom is -0.370 e. The first-order chi connectivity index (χ1) is 8.78. The van der Waals surface area contributed by atoms with E-state index in [9.17, 15) is 4.91 Å². The van der Waals surface area contributed by atoms with Crippen molar-refractivity contribution in [2.24, 2.45) is 12.2 Å². The molecule has 18 heavy (non-hydrogen) atoms. The van der Waals surface area contributed by atoms with Crippen molar-refractivity contribution in [1.29, 1.82) is 0 Å². The summed E-state index contributed by atoms with van der Waals surface area (Å²) < 4.78 is 1.76. The first-order valence-electron chi connectivity index (χ1n) is 6.33. The molecule has 1 fully saturated rings. The number of aromatic nitrogens is 2. The summed E-state index contributed by atoms with van der Waals surface area (Å²) in [7, 11) is 1.88. The topological polar surface area (TPSA) is 50.5 Å². The smallest absolute Gasteiger partial charge is 0.132 e. The maximum atomic E-state index is 11.0. The van der Waals surface area contributed by atoms with E-state index >= 15 is 0 Å². The van der Waals surface area contributed by atoms with Crippen molar-refractivity contribution >= 4 is 22.3 Å². The predicted molar refractivity (Wildman–Crippen MR) is 72.2 cm³/mol. The molecule has 0 radical (unpaired) electrons. The average molecular weight is 244 g/mol. The van der Waals surface area contributed by atoms with E-state index in [2.05, 4.69) is 15.2 Å². The van der Waals surface area contributed by atoms with Gasteiger partial charge in [-0.3, -0.25) is 4.68 Å². The summed E-state index contributed by atoms with van der Waals surface area (Å²) in [6, 6.07) is 3.82. The van der Waals surface area contributed by atoms with Crippen LogP contribution in [-0.2, 0) is 7.05 Å². The van der Waals surface area contributed by atoms with E-state index in [0.717, 1.165) is 29.7 Å². The quantitative estimate of drug-likeness (QED) is 0.763. The third-order valence-corrected chi connectivity index (χ3v) is 3.51. The predicted octanol–water partition coefficient (Wildman–Crippen LogP) is 2.96. The van der Waals surface area contributed by atoms with Gasteiger partial charge < -0.3 is 4.90 Å². The Balaban J connectivity index is 2.10.